The SMILES string of the molecule is Cc1ccccc1-n1c(SCC2COc3ccccc3O2)nnc1-c1ccncc1. The molecule has 1 aliphatic rings. The van der Waals surface area contributed by atoms with E-state index in [1.54, 1.807) is 24.2 Å². The Morgan fingerprint density at radius 2 is 1.73 bits per heavy atom. The molecule has 6 nitrogen and oxygen atoms in total. The maximum absolute atomic E-state index is 6.10. The molecule has 0 saturated carbocycles. The topological polar surface area (TPSA) is 62.1 Å². The number of hydrogen-bond acceptors (Lipinski definition) is 6. The van der Waals surface area contributed by atoms with Gasteiger partial charge < -0.3 is 9.47 Å². The van der Waals surface area contributed by atoms with Gasteiger partial charge in [0.15, 0.2) is 22.5 Å². The van der Waals surface area contributed by atoms with Crippen molar-refractivity contribution in [2.24, 2.45) is 0 Å². The average Bonchev–Trinajstić information content (AvgIpc) is 3.22. The molecule has 1 atom stereocenters. The monoisotopic (exact) mass is 416 g/mol. The zero-order chi connectivity index (χ0) is 20.3. The summed E-state index contributed by atoms with van der Waals surface area (Å²) in [6.45, 7) is 2.61. The number of ether oxygens (including phenoxy) is 2. The van der Waals surface area contributed by atoms with Crippen molar-refractivity contribution in [3.8, 4) is 28.6 Å². The summed E-state index contributed by atoms with van der Waals surface area (Å²) >= 11 is 1.62. The number of hydrogen-bond donors (Lipinski definition) is 0. The van der Waals surface area contributed by atoms with Gasteiger partial charge >= 0.3 is 0 Å². The van der Waals surface area contributed by atoms with Crippen LogP contribution in [0.2, 0.25) is 0 Å². The highest BCUT2D eigenvalue weighted by Crippen LogP contribution is 2.34. The second-order valence-corrected chi connectivity index (χ2v) is 7.96. The summed E-state index contributed by atoms with van der Waals surface area (Å²) in [5, 5.41) is 9.81. The van der Waals surface area contributed by atoms with Crippen LogP contribution in [0.5, 0.6) is 11.5 Å². The van der Waals surface area contributed by atoms with E-state index in [4.69, 9.17) is 9.47 Å². The third-order valence-electron chi connectivity index (χ3n) is 4.89. The molecule has 1 aliphatic heterocycles. The van der Waals surface area contributed by atoms with Crippen molar-refractivity contribution < 1.29 is 9.47 Å². The Morgan fingerprint density at radius 3 is 2.57 bits per heavy atom. The molecular weight excluding hydrogens is 396 g/mol. The molecule has 0 fully saturated rings. The number of benzene rings is 2. The quantitative estimate of drug-likeness (QED) is 0.444. The summed E-state index contributed by atoms with van der Waals surface area (Å²) in [5.41, 5.74) is 3.18. The van der Waals surface area contributed by atoms with E-state index < -0.39 is 0 Å². The Kier molecular flexibility index (Phi) is 5.11. The lowest BCUT2D eigenvalue weighted by Gasteiger charge is -2.26. The predicted molar refractivity (Wildman–Crippen MR) is 116 cm³/mol. The molecule has 3 heterocycles. The molecule has 0 amide bonds. The summed E-state index contributed by atoms with van der Waals surface area (Å²) in [7, 11) is 0. The Hall–Kier alpha value is -3.32. The zero-order valence-corrected chi connectivity index (χ0v) is 17.2. The standard InChI is InChI=1S/C23H20N4O2S/c1-16-6-2-3-7-19(16)27-22(17-10-12-24-13-11-17)25-26-23(27)30-15-18-14-28-20-8-4-5-9-21(20)29-18/h2-13,18H,14-15H2,1H3. The summed E-state index contributed by atoms with van der Waals surface area (Å²) in [5.74, 6) is 3.07. The highest BCUT2D eigenvalue weighted by molar-refractivity contribution is 7.99. The van der Waals surface area contributed by atoms with Gasteiger partial charge in [0.05, 0.1) is 5.69 Å². The molecule has 30 heavy (non-hydrogen) atoms. The van der Waals surface area contributed by atoms with Crippen molar-refractivity contribution in [3.05, 3.63) is 78.6 Å². The third kappa shape index (κ3) is 3.64. The van der Waals surface area contributed by atoms with Crippen molar-refractivity contribution in [3.63, 3.8) is 0 Å². The van der Waals surface area contributed by atoms with Gasteiger partial charge in [-0.1, -0.05) is 42.1 Å². The van der Waals surface area contributed by atoms with Crippen molar-refractivity contribution >= 4 is 11.8 Å². The lowest BCUT2D eigenvalue weighted by atomic mass is 10.2. The number of fused-ring (bicyclic) bond motifs is 1. The Morgan fingerprint density at radius 1 is 0.967 bits per heavy atom. The van der Waals surface area contributed by atoms with E-state index in [1.807, 2.05) is 48.5 Å². The number of rotatable bonds is 5. The Labute approximate surface area is 178 Å². The molecule has 0 saturated heterocycles. The van der Waals surface area contributed by atoms with Gasteiger partial charge in [-0.15, -0.1) is 10.2 Å². The largest absolute Gasteiger partial charge is 0.486 e. The van der Waals surface area contributed by atoms with E-state index in [-0.39, 0.29) is 6.10 Å². The van der Waals surface area contributed by atoms with Crippen LogP contribution in [0.1, 0.15) is 5.56 Å². The van der Waals surface area contributed by atoms with Crippen molar-refractivity contribution in [2.75, 3.05) is 12.4 Å². The normalized spacial score (nSPS) is 15.2. The molecule has 5 rings (SSSR count). The van der Waals surface area contributed by atoms with E-state index >= 15 is 0 Å². The Balaban J connectivity index is 1.44. The van der Waals surface area contributed by atoms with Gasteiger partial charge in [-0.05, 0) is 42.8 Å². The second kappa shape index (κ2) is 8.20. The summed E-state index contributed by atoms with van der Waals surface area (Å²) < 4.78 is 14.1. The van der Waals surface area contributed by atoms with Crippen LogP contribution in [0.15, 0.2) is 78.2 Å². The maximum atomic E-state index is 6.10. The molecular formula is C23H20N4O2S. The maximum Gasteiger partial charge on any atom is 0.196 e. The highest BCUT2D eigenvalue weighted by Gasteiger charge is 2.23. The van der Waals surface area contributed by atoms with E-state index in [0.717, 1.165) is 39.3 Å². The second-order valence-electron chi connectivity index (χ2n) is 6.97. The van der Waals surface area contributed by atoms with Crippen LogP contribution in [0.4, 0.5) is 0 Å². The summed E-state index contributed by atoms with van der Waals surface area (Å²) in [4.78, 5) is 4.12. The van der Waals surface area contributed by atoms with Crippen LogP contribution >= 0.6 is 11.8 Å². The molecule has 0 spiro atoms. The third-order valence-corrected chi connectivity index (χ3v) is 5.95. The molecule has 0 radical (unpaired) electrons. The molecule has 7 heteroatoms. The first-order valence-electron chi connectivity index (χ1n) is 9.73. The molecule has 1 unspecified atom stereocenters. The van der Waals surface area contributed by atoms with Gasteiger partial charge in [0, 0.05) is 23.7 Å². The van der Waals surface area contributed by atoms with Gasteiger partial charge in [0.25, 0.3) is 0 Å². The lowest BCUT2D eigenvalue weighted by Crippen LogP contribution is -2.31. The van der Waals surface area contributed by atoms with E-state index in [1.165, 1.54) is 0 Å². The molecule has 0 N–H and O–H groups in total. The number of thioether (sulfide) groups is 1. The smallest absolute Gasteiger partial charge is 0.196 e. The van der Waals surface area contributed by atoms with Gasteiger partial charge in [0.1, 0.15) is 12.7 Å². The van der Waals surface area contributed by atoms with Gasteiger partial charge in [0.2, 0.25) is 0 Å². The van der Waals surface area contributed by atoms with Crippen LogP contribution < -0.4 is 9.47 Å². The number of nitrogens with zero attached hydrogens (tertiary/aromatic N) is 4. The molecule has 0 bridgehead atoms. The van der Waals surface area contributed by atoms with E-state index in [2.05, 4.69) is 38.8 Å². The number of aromatic nitrogens is 4. The van der Waals surface area contributed by atoms with Crippen LogP contribution in [0.3, 0.4) is 0 Å². The highest BCUT2D eigenvalue weighted by atomic mass is 32.2. The minimum absolute atomic E-state index is 0.0590. The van der Waals surface area contributed by atoms with Crippen LogP contribution in [-0.2, 0) is 0 Å². The zero-order valence-electron chi connectivity index (χ0n) is 16.4. The first-order valence-corrected chi connectivity index (χ1v) is 10.7. The van der Waals surface area contributed by atoms with E-state index in [9.17, 15) is 0 Å². The van der Waals surface area contributed by atoms with E-state index in [0.29, 0.717) is 12.4 Å². The Bertz CT molecular complexity index is 1160. The molecule has 0 aliphatic carbocycles. The minimum atomic E-state index is -0.0590. The van der Waals surface area contributed by atoms with Crippen molar-refractivity contribution in [1.82, 2.24) is 19.7 Å². The van der Waals surface area contributed by atoms with Crippen LogP contribution in [-0.4, -0.2) is 38.2 Å². The molecule has 4 aromatic rings. The summed E-state index contributed by atoms with van der Waals surface area (Å²) in [6, 6.07) is 19.9. The van der Waals surface area contributed by atoms with Gasteiger partial charge in [-0.3, -0.25) is 9.55 Å². The fourth-order valence-electron chi connectivity index (χ4n) is 3.40. The van der Waals surface area contributed by atoms with Crippen molar-refractivity contribution in [2.45, 2.75) is 18.2 Å². The minimum Gasteiger partial charge on any atom is -0.486 e. The fourth-order valence-corrected chi connectivity index (χ4v) is 4.31. The first kappa shape index (κ1) is 18.7. The number of pyridine rings is 1. The first-order chi connectivity index (χ1) is 14.8. The molecule has 2 aromatic carbocycles. The predicted octanol–water partition coefficient (Wildman–Crippen LogP) is 4.57. The lowest BCUT2D eigenvalue weighted by molar-refractivity contribution is 0.107. The van der Waals surface area contributed by atoms with Gasteiger partial charge in [-0.25, -0.2) is 0 Å². The number of aryl methyl sites for hydroxylation is 1. The van der Waals surface area contributed by atoms with Crippen LogP contribution in [0, 0.1) is 6.92 Å². The van der Waals surface area contributed by atoms with Crippen molar-refractivity contribution in [1.29, 1.82) is 0 Å². The summed E-state index contributed by atoms with van der Waals surface area (Å²) in [6.07, 6.45) is 3.48. The van der Waals surface area contributed by atoms with Crippen LogP contribution in [0.25, 0.3) is 17.1 Å². The molecule has 150 valence electrons. The average molecular weight is 417 g/mol. The number of para-hydroxylation sites is 3. The fraction of sp³-hybridized carbons (Fsp3) is 0.174. The molecule has 2 aromatic heterocycles. The van der Waals surface area contributed by atoms with Gasteiger partial charge in [-0.2, -0.15) is 0 Å².